The highest BCUT2D eigenvalue weighted by atomic mass is 35.5. The summed E-state index contributed by atoms with van der Waals surface area (Å²) in [7, 11) is 0. The van der Waals surface area contributed by atoms with E-state index in [1.54, 1.807) is 4.57 Å². The molecule has 8 heteroatoms. The van der Waals surface area contributed by atoms with Gasteiger partial charge in [-0.05, 0) is 19.1 Å². The average Bonchev–Trinajstić information content (AvgIpc) is 2.81. The van der Waals surface area contributed by atoms with E-state index in [2.05, 4.69) is 10.2 Å². The molecule has 0 radical (unpaired) electrons. The Bertz CT molecular complexity index is 629. The van der Waals surface area contributed by atoms with E-state index >= 15 is 0 Å². The summed E-state index contributed by atoms with van der Waals surface area (Å²) in [4.78, 5) is 10.3. The maximum atomic E-state index is 13.1. The number of benzene rings is 1. The smallest absolute Gasteiger partial charge is 0.283 e. The topological polar surface area (TPSA) is 73.8 Å². The lowest BCUT2D eigenvalue weighted by Crippen LogP contribution is -2.03. The van der Waals surface area contributed by atoms with Crippen LogP contribution < -0.4 is 0 Å². The fraction of sp³-hybridized carbons (Fsp3) is 0.273. The third kappa shape index (κ3) is 2.41. The van der Waals surface area contributed by atoms with E-state index in [0.29, 0.717) is 18.2 Å². The van der Waals surface area contributed by atoms with Gasteiger partial charge in [0.05, 0.1) is 22.4 Å². The minimum Gasteiger partial charge on any atom is -0.310 e. The lowest BCUT2D eigenvalue weighted by atomic mass is 10.1. The standard InChI is InChI=1S/C11H10ClFN4O2/c1-2-16-10(6-12)14-15-11(16)8-4-3-7(13)5-9(8)17(18)19/h3-5H,2,6H2,1H3. The highest BCUT2D eigenvalue weighted by molar-refractivity contribution is 6.16. The molecule has 2 rings (SSSR count). The molecule has 0 atom stereocenters. The van der Waals surface area contributed by atoms with Crippen molar-refractivity contribution in [3.8, 4) is 11.4 Å². The number of halogens is 2. The first-order chi connectivity index (χ1) is 9.08. The van der Waals surface area contributed by atoms with Crippen LogP contribution in [0, 0.1) is 15.9 Å². The van der Waals surface area contributed by atoms with E-state index in [1.165, 1.54) is 6.07 Å². The molecular weight excluding hydrogens is 275 g/mol. The van der Waals surface area contributed by atoms with Crippen LogP contribution in [0.4, 0.5) is 10.1 Å². The molecule has 0 aliphatic carbocycles. The number of hydrogen-bond donors (Lipinski definition) is 0. The van der Waals surface area contributed by atoms with Gasteiger partial charge in [-0.25, -0.2) is 4.39 Å². The SMILES string of the molecule is CCn1c(CCl)nnc1-c1ccc(F)cc1[N+](=O)[O-]. The fourth-order valence-corrected chi connectivity index (χ4v) is 2.01. The molecule has 1 aromatic carbocycles. The van der Waals surface area contributed by atoms with Gasteiger partial charge in [0.1, 0.15) is 11.6 Å². The molecule has 0 amide bonds. The summed E-state index contributed by atoms with van der Waals surface area (Å²) >= 11 is 5.72. The van der Waals surface area contributed by atoms with Crippen molar-refractivity contribution in [1.29, 1.82) is 0 Å². The number of nitrogens with zero attached hydrogens (tertiary/aromatic N) is 4. The quantitative estimate of drug-likeness (QED) is 0.491. The van der Waals surface area contributed by atoms with Crippen LogP contribution in [-0.2, 0) is 12.4 Å². The fourth-order valence-electron chi connectivity index (χ4n) is 1.81. The van der Waals surface area contributed by atoms with Crippen molar-refractivity contribution in [1.82, 2.24) is 14.8 Å². The van der Waals surface area contributed by atoms with E-state index in [4.69, 9.17) is 11.6 Å². The van der Waals surface area contributed by atoms with Crippen LogP contribution in [0.1, 0.15) is 12.7 Å². The monoisotopic (exact) mass is 284 g/mol. The van der Waals surface area contributed by atoms with E-state index in [-0.39, 0.29) is 17.1 Å². The van der Waals surface area contributed by atoms with E-state index in [0.717, 1.165) is 12.1 Å². The Kier molecular flexibility index (Phi) is 3.75. The second kappa shape index (κ2) is 5.31. The van der Waals surface area contributed by atoms with Gasteiger partial charge in [-0.15, -0.1) is 21.8 Å². The van der Waals surface area contributed by atoms with Gasteiger partial charge >= 0.3 is 0 Å². The Morgan fingerprint density at radius 3 is 2.79 bits per heavy atom. The zero-order chi connectivity index (χ0) is 14.0. The number of hydrogen-bond acceptors (Lipinski definition) is 4. The van der Waals surface area contributed by atoms with Gasteiger partial charge < -0.3 is 4.57 Å². The molecule has 0 bridgehead atoms. The maximum Gasteiger partial charge on any atom is 0.283 e. The van der Waals surface area contributed by atoms with Gasteiger partial charge in [-0.1, -0.05) is 0 Å². The summed E-state index contributed by atoms with van der Waals surface area (Å²) in [5.41, 5.74) is -0.125. The van der Waals surface area contributed by atoms with Crippen molar-refractivity contribution < 1.29 is 9.31 Å². The summed E-state index contributed by atoms with van der Waals surface area (Å²) < 4.78 is 14.8. The lowest BCUT2D eigenvalue weighted by molar-refractivity contribution is -0.384. The molecule has 1 aromatic heterocycles. The molecule has 0 saturated heterocycles. The number of nitro groups is 1. The molecule has 0 saturated carbocycles. The normalized spacial score (nSPS) is 10.7. The minimum absolute atomic E-state index is 0.149. The predicted octanol–water partition coefficient (Wildman–Crippen LogP) is 2.75. The Morgan fingerprint density at radius 2 is 2.21 bits per heavy atom. The number of alkyl halides is 1. The Morgan fingerprint density at radius 1 is 1.47 bits per heavy atom. The van der Waals surface area contributed by atoms with E-state index in [1.807, 2.05) is 6.92 Å². The molecule has 0 fully saturated rings. The van der Waals surface area contributed by atoms with Crippen molar-refractivity contribution in [3.63, 3.8) is 0 Å². The first-order valence-electron chi connectivity index (χ1n) is 5.50. The summed E-state index contributed by atoms with van der Waals surface area (Å²) in [6, 6.07) is 3.34. The molecule has 100 valence electrons. The average molecular weight is 285 g/mol. The predicted molar refractivity (Wildman–Crippen MR) is 67.3 cm³/mol. The van der Waals surface area contributed by atoms with Gasteiger partial charge in [0.2, 0.25) is 0 Å². The Balaban J connectivity index is 2.65. The van der Waals surface area contributed by atoms with Gasteiger partial charge in [0.25, 0.3) is 5.69 Å². The molecule has 1 heterocycles. The summed E-state index contributed by atoms with van der Waals surface area (Å²) in [6.07, 6.45) is 0. The third-order valence-corrected chi connectivity index (χ3v) is 2.90. The summed E-state index contributed by atoms with van der Waals surface area (Å²) in [5, 5.41) is 18.8. The molecule has 6 nitrogen and oxygen atoms in total. The van der Waals surface area contributed by atoms with Crippen molar-refractivity contribution in [2.24, 2.45) is 0 Å². The van der Waals surface area contributed by atoms with E-state index in [9.17, 15) is 14.5 Å². The Labute approximate surface area is 113 Å². The van der Waals surface area contributed by atoms with Gasteiger partial charge in [0.15, 0.2) is 5.82 Å². The summed E-state index contributed by atoms with van der Waals surface area (Å²) in [6.45, 7) is 2.36. The van der Waals surface area contributed by atoms with Crippen LogP contribution in [0.5, 0.6) is 0 Å². The van der Waals surface area contributed by atoms with Crippen LogP contribution in [0.25, 0.3) is 11.4 Å². The number of rotatable bonds is 4. The molecule has 0 unspecified atom stereocenters. The molecule has 0 aliphatic heterocycles. The van der Waals surface area contributed by atoms with Crippen molar-refractivity contribution in [2.75, 3.05) is 0 Å². The molecule has 0 aliphatic rings. The second-order valence-corrected chi connectivity index (χ2v) is 4.00. The first-order valence-corrected chi connectivity index (χ1v) is 6.04. The highest BCUT2D eigenvalue weighted by Gasteiger charge is 2.22. The maximum absolute atomic E-state index is 13.1. The van der Waals surface area contributed by atoms with Crippen molar-refractivity contribution in [2.45, 2.75) is 19.3 Å². The first kappa shape index (κ1) is 13.4. The molecule has 0 N–H and O–H groups in total. The Hall–Kier alpha value is -2.02. The van der Waals surface area contributed by atoms with Crippen LogP contribution >= 0.6 is 11.6 Å². The molecule has 0 spiro atoms. The van der Waals surface area contributed by atoms with Gasteiger partial charge in [-0.2, -0.15) is 0 Å². The second-order valence-electron chi connectivity index (χ2n) is 3.74. The van der Waals surface area contributed by atoms with Gasteiger partial charge in [0, 0.05) is 6.54 Å². The number of nitro benzene ring substituents is 1. The molecule has 19 heavy (non-hydrogen) atoms. The summed E-state index contributed by atoms with van der Waals surface area (Å²) in [5.74, 6) is 0.300. The molecule has 2 aromatic rings. The van der Waals surface area contributed by atoms with Gasteiger partial charge in [-0.3, -0.25) is 10.1 Å². The largest absolute Gasteiger partial charge is 0.310 e. The van der Waals surface area contributed by atoms with E-state index < -0.39 is 10.7 Å². The van der Waals surface area contributed by atoms with Crippen LogP contribution in [0.15, 0.2) is 18.2 Å². The minimum atomic E-state index is -0.671. The van der Waals surface area contributed by atoms with Crippen molar-refractivity contribution >= 4 is 17.3 Å². The molecular formula is C11H10ClFN4O2. The number of aromatic nitrogens is 3. The van der Waals surface area contributed by atoms with Crippen molar-refractivity contribution in [3.05, 3.63) is 40.0 Å². The lowest BCUT2D eigenvalue weighted by Gasteiger charge is -2.06. The van der Waals surface area contributed by atoms with Crippen LogP contribution in [0.3, 0.4) is 0 Å². The zero-order valence-electron chi connectivity index (χ0n) is 10.0. The third-order valence-electron chi connectivity index (χ3n) is 2.66. The highest BCUT2D eigenvalue weighted by Crippen LogP contribution is 2.29. The van der Waals surface area contributed by atoms with Crippen LogP contribution in [-0.4, -0.2) is 19.7 Å². The van der Waals surface area contributed by atoms with Crippen LogP contribution in [0.2, 0.25) is 0 Å². The zero-order valence-corrected chi connectivity index (χ0v) is 10.8.